The summed E-state index contributed by atoms with van der Waals surface area (Å²) in [5, 5.41) is 0. The predicted molar refractivity (Wildman–Crippen MR) is 32.1 cm³/mol. The highest BCUT2D eigenvalue weighted by molar-refractivity contribution is 5.81. The van der Waals surface area contributed by atoms with E-state index in [0.29, 0.717) is 6.61 Å². The highest BCUT2D eigenvalue weighted by Gasteiger charge is 2.13. The van der Waals surface area contributed by atoms with Crippen LogP contribution in [0.1, 0.15) is 13.3 Å². The molecule has 2 nitrogen and oxygen atoms in total. The molecule has 0 bridgehead atoms. The minimum atomic E-state index is -2.85. The average molecular weight is 152 g/mol. The Morgan fingerprint density at radius 3 is 2.60 bits per heavy atom. The molecule has 0 unspecified atom stereocenters. The zero-order valence-corrected chi connectivity index (χ0v) is 5.77. The van der Waals surface area contributed by atoms with Crippen molar-refractivity contribution in [1.29, 1.82) is 0 Å². The molecule has 4 heteroatoms. The van der Waals surface area contributed by atoms with Gasteiger partial charge in [-0.15, -0.1) is 0 Å². The molecule has 0 atom stereocenters. The summed E-state index contributed by atoms with van der Waals surface area (Å²) in [5.41, 5.74) is 0. The van der Waals surface area contributed by atoms with Crippen LogP contribution in [-0.4, -0.2) is 25.4 Å². The molecular formula is C6H10F2O2. The summed E-state index contributed by atoms with van der Waals surface area (Å²) >= 11 is 0. The van der Waals surface area contributed by atoms with Crippen LogP contribution < -0.4 is 0 Å². The first-order chi connectivity index (χ1) is 4.68. The van der Waals surface area contributed by atoms with Crippen LogP contribution in [0.15, 0.2) is 0 Å². The van der Waals surface area contributed by atoms with Gasteiger partial charge in [-0.1, -0.05) is 0 Å². The van der Waals surface area contributed by atoms with Crippen LogP contribution in [0.2, 0.25) is 0 Å². The molecule has 10 heavy (non-hydrogen) atoms. The minimum Gasteiger partial charge on any atom is -0.381 e. The number of hydrogen-bond donors (Lipinski definition) is 0. The number of rotatable bonds is 5. The van der Waals surface area contributed by atoms with Crippen LogP contribution in [0, 0.1) is 0 Å². The van der Waals surface area contributed by atoms with Crippen molar-refractivity contribution in [2.45, 2.75) is 19.8 Å². The van der Waals surface area contributed by atoms with Gasteiger partial charge in [0.05, 0.1) is 6.61 Å². The van der Waals surface area contributed by atoms with Crippen LogP contribution in [0.5, 0.6) is 0 Å². The number of alkyl halides is 2. The van der Waals surface area contributed by atoms with Gasteiger partial charge in [-0.05, 0) is 6.92 Å². The fraction of sp³-hybridized carbons (Fsp3) is 0.833. The summed E-state index contributed by atoms with van der Waals surface area (Å²) in [6.45, 7) is 2.29. The van der Waals surface area contributed by atoms with Gasteiger partial charge in [0.15, 0.2) is 0 Å². The molecule has 0 rings (SSSR count). The molecule has 0 saturated carbocycles. The highest BCUT2D eigenvalue weighted by atomic mass is 19.3. The Morgan fingerprint density at radius 1 is 1.60 bits per heavy atom. The highest BCUT2D eigenvalue weighted by Crippen LogP contribution is 1.97. The SMILES string of the molecule is CCOCCC(=O)C(F)F. The lowest BCUT2D eigenvalue weighted by Gasteiger charge is -1.98. The van der Waals surface area contributed by atoms with E-state index >= 15 is 0 Å². The van der Waals surface area contributed by atoms with E-state index in [1.165, 1.54) is 0 Å². The molecule has 0 aliphatic heterocycles. The lowest BCUT2D eigenvalue weighted by Crippen LogP contribution is -2.12. The van der Waals surface area contributed by atoms with Crippen LogP contribution >= 0.6 is 0 Å². The first-order valence-corrected chi connectivity index (χ1v) is 3.07. The van der Waals surface area contributed by atoms with Crippen molar-refractivity contribution >= 4 is 5.78 Å². The quantitative estimate of drug-likeness (QED) is 0.554. The maximum absolute atomic E-state index is 11.5. The van der Waals surface area contributed by atoms with E-state index in [0.717, 1.165) is 0 Å². The number of carbonyl (C=O) groups is 1. The number of hydrogen-bond acceptors (Lipinski definition) is 2. The van der Waals surface area contributed by atoms with Crippen molar-refractivity contribution in [3.8, 4) is 0 Å². The third-order valence-corrected chi connectivity index (χ3v) is 0.940. The van der Waals surface area contributed by atoms with Gasteiger partial charge in [-0.2, -0.15) is 0 Å². The maximum Gasteiger partial charge on any atom is 0.296 e. The van der Waals surface area contributed by atoms with E-state index in [4.69, 9.17) is 4.74 Å². The number of halogens is 2. The van der Waals surface area contributed by atoms with E-state index in [-0.39, 0.29) is 13.0 Å². The Kier molecular flexibility index (Phi) is 5.02. The average Bonchev–Trinajstić information content (AvgIpc) is 1.88. The summed E-state index contributed by atoms with van der Waals surface area (Å²) in [6, 6.07) is 0. The Balaban J connectivity index is 3.22. The first kappa shape index (κ1) is 9.49. The molecule has 0 aliphatic carbocycles. The van der Waals surface area contributed by atoms with Crippen molar-refractivity contribution in [3.05, 3.63) is 0 Å². The van der Waals surface area contributed by atoms with E-state index < -0.39 is 12.2 Å². The third kappa shape index (κ3) is 4.38. The molecule has 0 aromatic heterocycles. The van der Waals surface area contributed by atoms with Gasteiger partial charge < -0.3 is 4.74 Å². The van der Waals surface area contributed by atoms with E-state index in [9.17, 15) is 13.6 Å². The zero-order valence-electron chi connectivity index (χ0n) is 5.77. The number of ether oxygens (including phenoxy) is 1. The summed E-state index contributed by atoms with van der Waals surface area (Å²) in [4.78, 5) is 10.2. The van der Waals surface area contributed by atoms with Crippen molar-refractivity contribution in [3.63, 3.8) is 0 Å². The number of carbonyl (C=O) groups excluding carboxylic acids is 1. The minimum absolute atomic E-state index is 0.0969. The van der Waals surface area contributed by atoms with Crippen LogP contribution in [0.4, 0.5) is 8.78 Å². The third-order valence-electron chi connectivity index (χ3n) is 0.940. The zero-order chi connectivity index (χ0) is 7.98. The number of ketones is 1. The Bertz CT molecular complexity index is 104. The van der Waals surface area contributed by atoms with Crippen LogP contribution in [0.25, 0.3) is 0 Å². The van der Waals surface area contributed by atoms with E-state index in [1.54, 1.807) is 6.92 Å². The molecule has 0 saturated heterocycles. The van der Waals surface area contributed by atoms with Crippen molar-refractivity contribution in [1.82, 2.24) is 0 Å². The monoisotopic (exact) mass is 152 g/mol. The van der Waals surface area contributed by atoms with Gasteiger partial charge in [0, 0.05) is 13.0 Å². The van der Waals surface area contributed by atoms with E-state index in [2.05, 4.69) is 0 Å². The number of Topliss-reactive ketones (excluding diaryl/α,β-unsaturated/α-hetero) is 1. The predicted octanol–water partition coefficient (Wildman–Crippen LogP) is 1.25. The first-order valence-electron chi connectivity index (χ1n) is 3.07. The van der Waals surface area contributed by atoms with Gasteiger partial charge in [-0.3, -0.25) is 4.79 Å². The van der Waals surface area contributed by atoms with Crippen molar-refractivity contribution in [2.75, 3.05) is 13.2 Å². The lowest BCUT2D eigenvalue weighted by molar-refractivity contribution is -0.130. The van der Waals surface area contributed by atoms with E-state index in [1.807, 2.05) is 0 Å². The molecule has 60 valence electrons. The maximum atomic E-state index is 11.5. The largest absolute Gasteiger partial charge is 0.381 e. The molecule has 0 heterocycles. The summed E-state index contributed by atoms with van der Waals surface area (Å²) in [7, 11) is 0. The fourth-order valence-corrected chi connectivity index (χ4v) is 0.426. The Morgan fingerprint density at radius 2 is 2.20 bits per heavy atom. The standard InChI is InChI=1S/C6H10F2O2/c1-2-10-4-3-5(9)6(7)8/h6H,2-4H2,1H3. The molecule has 0 radical (unpaired) electrons. The molecule has 0 fully saturated rings. The van der Waals surface area contributed by atoms with Gasteiger partial charge in [0.25, 0.3) is 6.43 Å². The van der Waals surface area contributed by atoms with Crippen LogP contribution in [-0.2, 0) is 9.53 Å². The Labute approximate surface area is 58.2 Å². The lowest BCUT2D eigenvalue weighted by atomic mass is 10.3. The van der Waals surface area contributed by atoms with Gasteiger partial charge in [-0.25, -0.2) is 8.78 Å². The summed E-state index contributed by atoms with van der Waals surface area (Å²) in [6.07, 6.45) is -3.04. The summed E-state index contributed by atoms with van der Waals surface area (Å²) < 4.78 is 27.6. The molecular weight excluding hydrogens is 142 g/mol. The van der Waals surface area contributed by atoms with Gasteiger partial charge in [0.1, 0.15) is 0 Å². The Hall–Kier alpha value is -0.510. The van der Waals surface area contributed by atoms with Crippen molar-refractivity contribution in [2.24, 2.45) is 0 Å². The molecule has 0 aromatic rings. The fourth-order valence-electron chi connectivity index (χ4n) is 0.426. The van der Waals surface area contributed by atoms with Gasteiger partial charge in [0.2, 0.25) is 5.78 Å². The second kappa shape index (κ2) is 5.29. The molecule has 0 spiro atoms. The topological polar surface area (TPSA) is 26.3 Å². The molecule has 0 aromatic carbocycles. The molecule has 0 N–H and O–H groups in total. The van der Waals surface area contributed by atoms with Gasteiger partial charge >= 0.3 is 0 Å². The molecule has 0 aliphatic rings. The van der Waals surface area contributed by atoms with Crippen molar-refractivity contribution < 1.29 is 18.3 Å². The molecule has 0 amide bonds. The second-order valence-corrected chi connectivity index (χ2v) is 1.71. The van der Waals surface area contributed by atoms with Crippen LogP contribution in [0.3, 0.4) is 0 Å². The summed E-state index contributed by atoms with van der Waals surface area (Å²) in [5.74, 6) is -1.05. The normalized spacial score (nSPS) is 10.4. The smallest absolute Gasteiger partial charge is 0.296 e. The second-order valence-electron chi connectivity index (χ2n) is 1.71.